The summed E-state index contributed by atoms with van der Waals surface area (Å²) in [5, 5.41) is 0. The van der Waals surface area contributed by atoms with Crippen LogP contribution in [0.4, 0.5) is 18.9 Å². The zero-order valence-corrected chi connectivity index (χ0v) is 17.5. The second-order valence-electron chi connectivity index (χ2n) is 8.04. The summed E-state index contributed by atoms with van der Waals surface area (Å²) in [5.74, 6) is 0.148. The summed E-state index contributed by atoms with van der Waals surface area (Å²) in [5.41, 5.74) is 6.81. The van der Waals surface area contributed by atoms with Crippen molar-refractivity contribution < 1.29 is 17.9 Å². The molecular formula is C26H25F3NO. The third kappa shape index (κ3) is 5.04. The standard InChI is InChI=1S/C26H25F3NO/c1-18-16-24(22-6-4-3-5-7-22)25(17-19(18)2)30-14-12-21(13-15-30)20-8-10-23(11-9-20)31-26(27,28)29/h3-11,16-17,21H,1,12-15H2,2H3. The van der Waals surface area contributed by atoms with Gasteiger partial charge in [0.25, 0.3) is 0 Å². The molecule has 0 aliphatic carbocycles. The van der Waals surface area contributed by atoms with Gasteiger partial charge in [-0.05, 0) is 79.1 Å². The van der Waals surface area contributed by atoms with Crippen molar-refractivity contribution >= 4 is 5.69 Å². The summed E-state index contributed by atoms with van der Waals surface area (Å²) < 4.78 is 41.1. The van der Waals surface area contributed by atoms with Gasteiger partial charge in [0.1, 0.15) is 5.75 Å². The first-order chi connectivity index (χ1) is 14.8. The van der Waals surface area contributed by atoms with Crippen molar-refractivity contribution in [3.05, 3.63) is 90.3 Å². The lowest BCUT2D eigenvalue weighted by Crippen LogP contribution is -2.33. The average molecular weight is 424 g/mol. The molecule has 1 radical (unpaired) electrons. The Morgan fingerprint density at radius 3 is 2.19 bits per heavy atom. The van der Waals surface area contributed by atoms with E-state index in [0.29, 0.717) is 5.92 Å². The van der Waals surface area contributed by atoms with Crippen LogP contribution in [0.15, 0.2) is 66.7 Å². The predicted octanol–water partition coefficient (Wildman–Crippen LogP) is 7.13. The number of nitrogens with zero attached hydrogens (tertiary/aromatic N) is 1. The van der Waals surface area contributed by atoms with E-state index in [0.717, 1.165) is 42.6 Å². The Morgan fingerprint density at radius 1 is 0.935 bits per heavy atom. The predicted molar refractivity (Wildman–Crippen MR) is 118 cm³/mol. The van der Waals surface area contributed by atoms with Crippen LogP contribution < -0.4 is 9.64 Å². The highest BCUT2D eigenvalue weighted by Gasteiger charge is 2.31. The lowest BCUT2D eigenvalue weighted by molar-refractivity contribution is -0.274. The molecule has 3 aromatic carbocycles. The minimum atomic E-state index is -4.66. The lowest BCUT2D eigenvalue weighted by atomic mass is 9.88. The lowest BCUT2D eigenvalue weighted by Gasteiger charge is -2.35. The molecule has 0 spiro atoms. The molecule has 2 nitrogen and oxygen atoms in total. The summed E-state index contributed by atoms with van der Waals surface area (Å²) in [4.78, 5) is 2.41. The van der Waals surface area contributed by atoms with Crippen LogP contribution in [-0.2, 0) is 0 Å². The number of anilines is 1. The monoisotopic (exact) mass is 424 g/mol. The number of hydrogen-bond acceptors (Lipinski definition) is 2. The number of aryl methyl sites for hydroxylation is 1. The Bertz CT molecular complexity index is 1020. The first-order valence-electron chi connectivity index (χ1n) is 10.4. The molecule has 1 aliphatic heterocycles. The Labute approximate surface area is 181 Å². The van der Waals surface area contributed by atoms with Crippen LogP contribution in [0.25, 0.3) is 11.1 Å². The van der Waals surface area contributed by atoms with Gasteiger partial charge in [-0.15, -0.1) is 13.2 Å². The fourth-order valence-electron chi connectivity index (χ4n) is 4.24. The van der Waals surface area contributed by atoms with Gasteiger partial charge in [0, 0.05) is 24.3 Å². The first kappa shape index (κ1) is 21.3. The molecule has 0 saturated carbocycles. The third-order valence-corrected chi connectivity index (χ3v) is 5.96. The van der Waals surface area contributed by atoms with Crippen LogP contribution in [0.2, 0.25) is 0 Å². The van der Waals surface area contributed by atoms with Gasteiger partial charge in [0.05, 0.1) is 0 Å². The van der Waals surface area contributed by atoms with Gasteiger partial charge in [-0.25, -0.2) is 0 Å². The highest BCUT2D eigenvalue weighted by atomic mass is 19.4. The van der Waals surface area contributed by atoms with E-state index in [2.05, 4.69) is 47.7 Å². The molecule has 31 heavy (non-hydrogen) atoms. The second-order valence-corrected chi connectivity index (χ2v) is 8.04. The molecule has 0 bridgehead atoms. The van der Waals surface area contributed by atoms with Gasteiger partial charge in [0.15, 0.2) is 0 Å². The molecule has 161 valence electrons. The molecule has 0 amide bonds. The maximum Gasteiger partial charge on any atom is 0.573 e. The first-order valence-corrected chi connectivity index (χ1v) is 10.4. The number of rotatable bonds is 4. The summed E-state index contributed by atoms with van der Waals surface area (Å²) in [7, 11) is 0. The molecule has 0 atom stereocenters. The van der Waals surface area contributed by atoms with Crippen LogP contribution in [0, 0.1) is 13.8 Å². The molecule has 1 saturated heterocycles. The largest absolute Gasteiger partial charge is 0.573 e. The Hall–Kier alpha value is -2.95. The van der Waals surface area contributed by atoms with Crippen LogP contribution in [0.5, 0.6) is 5.75 Å². The Kier molecular flexibility index (Phi) is 5.94. The van der Waals surface area contributed by atoms with E-state index in [9.17, 15) is 13.2 Å². The van der Waals surface area contributed by atoms with E-state index in [1.54, 1.807) is 12.1 Å². The van der Waals surface area contributed by atoms with Gasteiger partial charge in [-0.1, -0.05) is 42.5 Å². The summed E-state index contributed by atoms with van der Waals surface area (Å²) in [6.07, 6.45) is -2.78. The molecule has 1 aliphatic rings. The van der Waals surface area contributed by atoms with Crippen molar-refractivity contribution in [2.45, 2.75) is 32.0 Å². The molecule has 1 fully saturated rings. The number of hydrogen-bond donors (Lipinski definition) is 0. The van der Waals surface area contributed by atoms with E-state index in [-0.39, 0.29) is 5.75 Å². The molecular weight excluding hydrogens is 399 g/mol. The highest BCUT2D eigenvalue weighted by molar-refractivity contribution is 5.80. The van der Waals surface area contributed by atoms with Crippen molar-refractivity contribution in [2.24, 2.45) is 0 Å². The van der Waals surface area contributed by atoms with E-state index in [4.69, 9.17) is 0 Å². The number of piperidine rings is 1. The third-order valence-electron chi connectivity index (χ3n) is 5.96. The van der Waals surface area contributed by atoms with Crippen molar-refractivity contribution in [1.82, 2.24) is 0 Å². The molecule has 4 rings (SSSR count). The zero-order chi connectivity index (χ0) is 22.0. The minimum Gasteiger partial charge on any atom is -0.406 e. The van der Waals surface area contributed by atoms with Crippen LogP contribution in [-0.4, -0.2) is 19.5 Å². The summed E-state index contributed by atoms with van der Waals surface area (Å²) >= 11 is 0. The number of benzene rings is 3. The fourth-order valence-corrected chi connectivity index (χ4v) is 4.24. The van der Waals surface area contributed by atoms with Crippen LogP contribution in [0.1, 0.15) is 35.4 Å². The van der Waals surface area contributed by atoms with Gasteiger partial charge < -0.3 is 9.64 Å². The quantitative estimate of drug-likeness (QED) is 0.442. The summed E-state index contributed by atoms with van der Waals surface area (Å²) in [6, 6.07) is 21.0. The molecule has 5 heteroatoms. The van der Waals surface area contributed by atoms with E-state index in [1.165, 1.54) is 28.9 Å². The zero-order valence-electron chi connectivity index (χ0n) is 17.5. The van der Waals surface area contributed by atoms with Crippen LogP contribution >= 0.6 is 0 Å². The maximum absolute atomic E-state index is 12.4. The normalized spacial score (nSPS) is 15.2. The number of ether oxygens (including phenoxy) is 1. The minimum absolute atomic E-state index is 0.176. The van der Waals surface area contributed by atoms with E-state index >= 15 is 0 Å². The van der Waals surface area contributed by atoms with E-state index in [1.807, 2.05) is 18.2 Å². The molecule has 3 aromatic rings. The van der Waals surface area contributed by atoms with Gasteiger partial charge >= 0.3 is 6.36 Å². The maximum atomic E-state index is 12.4. The van der Waals surface area contributed by atoms with Gasteiger partial charge in [-0.3, -0.25) is 0 Å². The average Bonchev–Trinajstić information content (AvgIpc) is 2.76. The molecule has 1 heterocycles. The van der Waals surface area contributed by atoms with Crippen molar-refractivity contribution in [3.8, 4) is 16.9 Å². The number of halogens is 3. The Morgan fingerprint density at radius 2 is 1.58 bits per heavy atom. The van der Waals surface area contributed by atoms with Crippen molar-refractivity contribution in [2.75, 3.05) is 18.0 Å². The fraction of sp³-hybridized carbons (Fsp3) is 0.269. The van der Waals surface area contributed by atoms with Crippen molar-refractivity contribution in [3.63, 3.8) is 0 Å². The summed E-state index contributed by atoms with van der Waals surface area (Å²) in [6.45, 7) is 8.04. The molecule has 0 N–H and O–H groups in total. The molecule has 0 aromatic heterocycles. The topological polar surface area (TPSA) is 12.5 Å². The molecule has 0 unspecified atom stereocenters. The smallest absolute Gasteiger partial charge is 0.406 e. The highest BCUT2D eigenvalue weighted by Crippen LogP contribution is 2.38. The second kappa shape index (κ2) is 8.66. The van der Waals surface area contributed by atoms with Gasteiger partial charge in [0.2, 0.25) is 0 Å². The van der Waals surface area contributed by atoms with Crippen molar-refractivity contribution in [1.29, 1.82) is 0 Å². The SMILES string of the molecule is [CH2]c1cc(-c2ccccc2)c(N2CCC(c3ccc(OC(F)(F)F)cc3)CC2)cc1C. The van der Waals surface area contributed by atoms with Crippen LogP contribution in [0.3, 0.4) is 0 Å². The van der Waals surface area contributed by atoms with E-state index < -0.39 is 6.36 Å². The van der Waals surface area contributed by atoms with Gasteiger partial charge in [-0.2, -0.15) is 0 Å². The Balaban J connectivity index is 1.50. The number of alkyl halides is 3.